The molecular formula is C16H30O4S2. The molecule has 2 rings (SSSR count). The van der Waals surface area contributed by atoms with Gasteiger partial charge in [0.15, 0.2) is 0 Å². The summed E-state index contributed by atoms with van der Waals surface area (Å²) < 4.78 is 30.5. The zero-order valence-corrected chi connectivity index (χ0v) is 15.3. The zero-order chi connectivity index (χ0) is 16.1. The Kier molecular flexibility index (Phi) is 6.77. The minimum absolute atomic E-state index is 0.0918. The number of aldehydes is 1. The first-order valence-electron chi connectivity index (χ1n) is 8.68. The number of hydrogen-bond donors (Lipinski definition) is 0. The third-order valence-corrected chi connectivity index (χ3v) is 11.1. The van der Waals surface area contributed by atoms with Crippen LogP contribution in [0, 0.1) is 5.92 Å². The van der Waals surface area contributed by atoms with E-state index in [1.807, 2.05) is 6.92 Å². The molecule has 130 valence electrons. The van der Waals surface area contributed by atoms with Crippen molar-refractivity contribution in [1.82, 2.24) is 0 Å². The molecule has 22 heavy (non-hydrogen) atoms. The van der Waals surface area contributed by atoms with Gasteiger partial charge in [-0.15, -0.1) is 10.3 Å². The Morgan fingerprint density at radius 2 is 1.86 bits per heavy atom. The van der Waals surface area contributed by atoms with Crippen molar-refractivity contribution >= 4 is 26.7 Å². The SMILES string of the molecule is CCCCS(=O)(=O)OS1(CC=O)CCCC1C1CCCCC1. The summed E-state index contributed by atoms with van der Waals surface area (Å²) in [6.07, 6.45) is 10.5. The largest absolute Gasteiger partial charge is 0.302 e. The maximum atomic E-state index is 12.3. The molecule has 0 radical (unpaired) electrons. The van der Waals surface area contributed by atoms with Crippen LogP contribution in [0.2, 0.25) is 0 Å². The van der Waals surface area contributed by atoms with E-state index in [0.29, 0.717) is 23.3 Å². The summed E-state index contributed by atoms with van der Waals surface area (Å²) >= 11 is 0. The molecule has 0 bridgehead atoms. The van der Waals surface area contributed by atoms with Crippen molar-refractivity contribution in [3.8, 4) is 0 Å². The fraction of sp³-hybridized carbons (Fsp3) is 0.938. The van der Waals surface area contributed by atoms with E-state index in [1.165, 1.54) is 32.1 Å². The van der Waals surface area contributed by atoms with E-state index >= 15 is 0 Å². The second kappa shape index (κ2) is 8.15. The van der Waals surface area contributed by atoms with Crippen molar-refractivity contribution in [2.75, 3.05) is 17.3 Å². The van der Waals surface area contributed by atoms with Gasteiger partial charge in [0.1, 0.15) is 6.29 Å². The highest BCUT2D eigenvalue weighted by molar-refractivity contribution is 8.34. The third kappa shape index (κ3) is 4.48. The standard InChI is InChI=1S/C16H30O4S2/c1-2-3-13-22(18,19)20-21(14-11-17)12-7-10-16(21)15-8-5-4-6-9-15/h11,15-16H,2-10,12-14H2,1H3. The maximum absolute atomic E-state index is 12.3. The van der Waals surface area contributed by atoms with Crippen molar-refractivity contribution in [2.24, 2.45) is 5.92 Å². The summed E-state index contributed by atoms with van der Waals surface area (Å²) in [7, 11) is -5.30. The average Bonchev–Trinajstić information content (AvgIpc) is 2.89. The lowest BCUT2D eigenvalue weighted by Gasteiger charge is -2.43. The van der Waals surface area contributed by atoms with Gasteiger partial charge >= 0.3 is 0 Å². The van der Waals surface area contributed by atoms with E-state index in [4.69, 9.17) is 3.63 Å². The number of carbonyl (C=O) groups is 1. The monoisotopic (exact) mass is 350 g/mol. The predicted octanol–water partition coefficient (Wildman–Crippen LogP) is 3.79. The van der Waals surface area contributed by atoms with Gasteiger partial charge in [-0.05, 0) is 38.0 Å². The smallest absolute Gasteiger partial charge is 0.276 e. The third-order valence-electron chi connectivity index (χ3n) is 5.04. The highest BCUT2D eigenvalue weighted by Gasteiger charge is 2.45. The summed E-state index contributed by atoms with van der Waals surface area (Å²) in [4.78, 5) is 11.2. The Hall–Kier alpha value is -0.0700. The Bertz CT molecular complexity index is 457. The van der Waals surface area contributed by atoms with E-state index in [0.717, 1.165) is 31.3 Å². The van der Waals surface area contributed by atoms with Gasteiger partial charge in [-0.2, -0.15) is 8.42 Å². The minimum Gasteiger partial charge on any atom is -0.302 e. The van der Waals surface area contributed by atoms with Crippen molar-refractivity contribution in [1.29, 1.82) is 0 Å². The van der Waals surface area contributed by atoms with Crippen LogP contribution in [0.1, 0.15) is 64.7 Å². The molecule has 0 aromatic rings. The van der Waals surface area contributed by atoms with Crippen molar-refractivity contribution in [3.05, 3.63) is 0 Å². The summed E-state index contributed by atoms with van der Waals surface area (Å²) in [6.45, 7) is 1.98. The highest BCUT2D eigenvalue weighted by atomic mass is 32.3. The Labute approximate surface area is 137 Å². The Morgan fingerprint density at radius 1 is 1.14 bits per heavy atom. The molecule has 2 atom stereocenters. The zero-order valence-electron chi connectivity index (χ0n) is 13.7. The van der Waals surface area contributed by atoms with Gasteiger partial charge in [0.2, 0.25) is 0 Å². The fourth-order valence-electron chi connectivity index (χ4n) is 3.98. The lowest BCUT2D eigenvalue weighted by molar-refractivity contribution is -0.105. The average molecular weight is 351 g/mol. The molecule has 1 aliphatic heterocycles. The van der Waals surface area contributed by atoms with Gasteiger partial charge in [-0.1, -0.05) is 32.6 Å². The van der Waals surface area contributed by atoms with Crippen LogP contribution in [-0.4, -0.2) is 37.2 Å². The molecule has 1 saturated heterocycles. The first kappa shape index (κ1) is 18.3. The molecule has 6 heteroatoms. The summed E-state index contributed by atoms with van der Waals surface area (Å²) in [6, 6.07) is 0. The second-order valence-electron chi connectivity index (χ2n) is 6.67. The van der Waals surface area contributed by atoms with Gasteiger partial charge in [-0.3, -0.25) is 0 Å². The van der Waals surface area contributed by atoms with Crippen LogP contribution in [-0.2, 0) is 18.5 Å². The van der Waals surface area contributed by atoms with E-state index < -0.39 is 20.4 Å². The summed E-state index contributed by atoms with van der Waals surface area (Å²) in [5.41, 5.74) is 0. The first-order valence-corrected chi connectivity index (χ1v) is 12.2. The topological polar surface area (TPSA) is 60.4 Å². The fourth-order valence-corrected chi connectivity index (χ4v) is 10.6. The minimum atomic E-state index is -3.50. The van der Waals surface area contributed by atoms with Crippen LogP contribution in [0.15, 0.2) is 0 Å². The molecule has 1 heterocycles. The molecule has 0 amide bonds. The second-order valence-corrected chi connectivity index (χ2v) is 11.8. The number of hydrogen-bond acceptors (Lipinski definition) is 4. The molecule has 0 aromatic carbocycles. The molecule has 0 spiro atoms. The Balaban J connectivity index is 2.16. The molecule has 4 nitrogen and oxygen atoms in total. The number of carbonyl (C=O) groups excluding carboxylic acids is 1. The molecule has 0 aromatic heterocycles. The first-order chi connectivity index (χ1) is 10.5. The van der Waals surface area contributed by atoms with E-state index in [2.05, 4.69) is 0 Å². The normalized spacial score (nSPS) is 33.4. The van der Waals surface area contributed by atoms with Gasteiger partial charge in [0.25, 0.3) is 10.1 Å². The lowest BCUT2D eigenvalue weighted by atomic mass is 9.85. The molecule has 2 fully saturated rings. The molecule has 2 unspecified atom stereocenters. The van der Waals surface area contributed by atoms with Crippen LogP contribution in [0.25, 0.3) is 0 Å². The van der Waals surface area contributed by atoms with Crippen molar-refractivity contribution < 1.29 is 16.8 Å². The maximum Gasteiger partial charge on any atom is 0.276 e. The molecular weight excluding hydrogens is 320 g/mol. The molecule has 1 aliphatic carbocycles. The van der Waals surface area contributed by atoms with Gasteiger partial charge < -0.3 is 4.79 Å². The van der Waals surface area contributed by atoms with Crippen molar-refractivity contribution in [2.45, 2.75) is 70.0 Å². The van der Waals surface area contributed by atoms with Crippen LogP contribution < -0.4 is 0 Å². The molecule has 1 saturated carbocycles. The van der Waals surface area contributed by atoms with Gasteiger partial charge in [0, 0.05) is 11.0 Å². The van der Waals surface area contributed by atoms with Crippen molar-refractivity contribution in [3.63, 3.8) is 0 Å². The van der Waals surface area contributed by atoms with Gasteiger partial charge in [-0.25, -0.2) is 3.63 Å². The molecule has 0 N–H and O–H groups in total. The van der Waals surface area contributed by atoms with Gasteiger partial charge in [0.05, 0.1) is 11.5 Å². The summed E-state index contributed by atoms with van der Waals surface area (Å²) in [5.74, 6) is 1.75. The van der Waals surface area contributed by atoms with Crippen LogP contribution >= 0.6 is 10.3 Å². The number of rotatable bonds is 8. The quantitative estimate of drug-likeness (QED) is 0.625. The Morgan fingerprint density at radius 3 is 2.50 bits per heavy atom. The van der Waals surface area contributed by atoms with Crippen LogP contribution in [0.5, 0.6) is 0 Å². The highest BCUT2D eigenvalue weighted by Crippen LogP contribution is 2.64. The lowest BCUT2D eigenvalue weighted by Crippen LogP contribution is -2.31. The van der Waals surface area contributed by atoms with Crippen LogP contribution in [0.4, 0.5) is 0 Å². The predicted molar refractivity (Wildman–Crippen MR) is 92.8 cm³/mol. The van der Waals surface area contributed by atoms with E-state index in [9.17, 15) is 13.2 Å². The number of unbranched alkanes of at least 4 members (excludes halogenated alkanes) is 1. The summed E-state index contributed by atoms with van der Waals surface area (Å²) in [5, 5.41) is 0.314. The molecule has 2 aliphatic rings. The van der Waals surface area contributed by atoms with E-state index in [1.54, 1.807) is 0 Å². The van der Waals surface area contributed by atoms with E-state index in [-0.39, 0.29) is 5.75 Å². The van der Waals surface area contributed by atoms with Crippen LogP contribution in [0.3, 0.4) is 0 Å².